The number of anilines is 1. The molecule has 37 heavy (non-hydrogen) atoms. The van der Waals surface area contributed by atoms with E-state index in [1.807, 2.05) is 35.2 Å². The molecule has 1 aliphatic rings. The van der Waals surface area contributed by atoms with Gasteiger partial charge in [0.2, 0.25) is 5.91 Å². The van der Waals surface area contributed by atoms with Crippen molar-refractivity contribution < 1.29 is 27.9 Å². The summed E-state index contributed by atoms with van der Waals surface area (Å²) in [6.45, 7) is 1.94. The molecule has 0 radical (unpaired) electrons. The summed E-state index contributed by atoms with van der Waals surface area (Å²) in [7, 11) is 0. The third kappa shape index (κ3) is 6.30. The lowest BCUT2D eigenvalue weighted by Gasteiger charge is -2.17. The number of hydrogen-bond donors (Lipinski definition) is 4. The van der Waals surface area contributed by atoms with Crippen molar-refractivity contribution >= 4 is 50.8 Å². The van der Waals surface area contributed by atoms with E-state index in [-0.39, 0.29) is 11.9 Å². The number of carboxylic acids is 1. The molecule has 5 rings (SSSR count). The van der Waals surface area contributed by atoms with Gasteiger partial charge in [0.1, 0.15) is 0 Å². The van der Waals surface area contributed by atoms with E-state index in [2.05, 4.69) is 27.4 Å². The van der Waals surface area contributed by atoms with E-state index < -0.39 is 12.1 Å². The van der Waals surface area contributed by atoms with Gasteiger partial charge in [-0.1, -0.05) is 23.7 Å². The van der Waals surface area contributed by atoms with Gasteiger partial charge in [0.15, 0.2) is 0 Å². The molecule has 2 aromatic carbocycles. The summed E-state index contributed by atoms with van der Waals surface area (Å²) in [4.78, 5) is 31.2. The maximum atomic E-state index is 12.9. The lowest BCUT2D eigenvalue weighted by atomic mass is 10.1. The number of H-pyrrole nitrogens is 1. The number of nitrogens with two attached hydrogens (primary N) is 1. The van der Waals surface area contributed by atoms with Gasteiger partial charge in [-0.25, -0.2) is 4.79 Å². The molecule has 3 heterocycles. The molecule has 1 aliphatic heterocycles. The van der Waals surface area contributed by atoms with Crippen molar-refractivity contribution in [2.75, 3.05) is 12.3 Å². The first-order valence-corrected chi connectivity index (χ1v) is 11.6. The van der Waals surface area contributed by atoms with Crippen molar-refractivity contribution in [3.8, 4) is 0 Å². The Bertz CT molecular complexity index is 1460. The van der Waals surface area contributed by atoms with E-state index in [0.717, 1.165) is 50.9 Å². The predicted octanol–water partition coefficient (Wildman–Crippen LogP) is 4.48. The van der Waals surface area contributed by atoms with Crippen molar-refractivity contribution in [2.45, 2.75) is 31.7 Å². The molecule has 0 aliphatic carbocycles. The number of nitrogens with one attached hydrogen (secondary N) is 2. The number of carbonyl (C=O) groups is 2. The lowest BCUT2D eigenvalue weighted by molar-refractivity contribution is -0.192. The smallest absolute Gasteiger partial charge is 0.475 e. The third-order valence-electron chi connectivity index (χ3n) is 5.95. The van der Waals surface area contributed by atoms with E-state index in [9.17, 15) is 18.0 Å². The van der Waals surface area contributed by atoms with E-state index in [1.165, 1.54) is 0 Å². The highest BCUT2D eigenvalue weighted by Gasteiger charge is 2.38. The van der Waals surface area contributed by atoms with E-state index in [1.54, 1.807) is 12.4 Å². The predicted molar refractivity (Wildman–Crippen MR) is 134 cm³/mol. The molecule has 4 aromatic rings. The number of nitrogens with zero attached hydrogens (tertiary/aromatic N) is 2. The van der Waals surface area contributed by atoms with E-state index >= 15 is 0 Å². The molecule has 0 spiro atoms. The van der Waals surface area contributed by atoms with E-state index in [4.69, 9.17) is 27.2 Å². The van der Waals surface area contributed by atoms with Gasteiger partial charge in [-0.2, -0.15) is 13.2 Å². The van der Waals surface area contributed by atoms with Crippen LogP contribution in [0.4, 0.5) is 18.9 Å². The molecular formula is C25H23ClF3N5O3. The second-order valence-corrected chi connectivity index (χ2v) is 9.03. The standard InChI is InChI=1S/C23H22ClN5O.C2HF3O2/c24-17-2-4-21-15(8-17)9-18(28-21)11-27-22-5-6-29(23(22)30)13-14-1-3-19-16(7-14)10-26-12-20(19)25;3-2(4,5)1(6)7/h1-4,7-10,12,22,27-28H,5-6,11,13,25H2;(H,6,7)/t22-;/m0./s1. The van der Waals surface area contributed by atoms with Crippen LogP contribution in [0.2, 0.25) is 5.02 Å². The zero-order valence-electron chi connectivity index (χ0n) is 19.3. The first kappa shape index (κ1) is 26.2. The number of aromatic amines is 1. The SMILES string of the molecule is Nc1cncc2cc(CN3CC[C@H](NCc4cc5cc(Cl)ccc5[nH]4)C3=O)ccc12.O=C(O)C(F)(F)F. The number of aromatic nitrogens is 2. The minimum atomic E-state index is -5.08. The Kier molecular flexibility index (Phi) is 7.55. The van der Waals surface area contributed by atoms with Crippen LogP contribution >= 0.6 is 11.6 Å². The number of fused-ring (bicyclic) bond motifs is 2. The Labute approximate surface area is 214 Å². The Morgan fingerprint density at radius 2 is 1.95 bits per heavy atom. The van der Waals surface area contributed by atoms with E-state index in [0.29, 0.717) is 18.8 Å². The Balaban J connectivity index is 0.000000405. The topological polar surface area (TPSA) is 124 Å². The first-order valence-electron chi connectivity index (χ1n) is 11.2. The summed E-state index contributed by atoms with van der Waals surface area (Å²) in [6, 6.07) is 13.8. The molecule has 1 saturated heterocycles. The van der Waals surface area contributed by atoms with Crippen LogP contribution in [-0.4, -0.2) is 50.6 Å². The van der Waals surface area contributed by atoms with Crippen molar-refractivity contribution in [1.29, 1.82) is 0 Å². The second kappa shape index (κ2) is 10.7. The Hall–Kier alpha value is -3.83. The van der Waals surface area contributed by atoms with Crippen LogP contribution in [0.15, 0.2) is 54.9 Å². The van der Waals surface area contributed by atoms with Crippen LogP contribution < -0.4 is 11.1 Å². The van der Waals surface area contributed by atoms with Gasteiger partial charge in [0.25, 0.3) is 0 Å². The number of amides is 1. The van der Waals surface area contributed by atoms with Crippen LogP contribution in [0, 0.1) is 0 Å². The van der Waals surface area contributed by atoms with Crippen molar-refractivity contribution in [3.63, 3.8) is 0 Å². The summed E-state index contributed by atoms with van der Waals surface area (Å²) in [6.07, 6.45) is -0.824. The molecule has 2 aromatic heterocycles. The largest absolute Gasteiger partial charge is 0.490 e. The highest BCUT2D eigenvalue weighted by Crippen LogP contribution is 2.24. The zero-order chi connectivity index (χ0) is 26.7. The number of carbonyl (C=O) groups excluding carboxylic acids is 1. The fraction of sp³-hybridized carbons (Fsp3) is 0.240. The maximum Gasteiger partial charge on any atom is 0.490 e. The zero-order valence-corrected chi connectivity index (χ0v) is 20.1. The fourth-order valence-electron chi connectivity index (χ4n) is 4.15. The molecule has 12 heteroatoms. The van der Waals surface area contributed by atoms with Crippen molar-refractivity contribution in [2.24, 2.45) is 0 Å². The Morgan fingerprint density at radius 1 is 1.19 bits per heavy atom. The highest BCUT2D eigenvalue weighted by molar-refractivity contribution is 6.31. The second-order valence-electron chi connectivity index (χ2n) is 8.60. The number of pyridine rings is 1. The number of likely N-dealkylation sites (tertiary alicyclic amines) is 1. The summed E-state index contributed by atoms with van der Waals surface area (Å²) in [5.41, 5.74) is 9.81. The van der Waals surface area contributed by atoms with Crippen LogP contribution in [0.5, 0.6) is 0 Å². The van der Waals surface area contributed by atoms with Gasteiger partial charge >= 0.3 is 12.1 Å². The maximum absolute atomic E-state index is 12.9. The minimum Gasteiger partial charge on any atom is -0.475 e. The fourth-order valence-corrected chi connectivity index (χ4v) is 4.33. The summed E-state index contributed by atoms with van der Waals surface area (Å²) in [5.74, 6) is -2.62. The number of rotatable bonds is 5. The number of halogens is 4. The molecule has 0 saturated carbocycles. The summed E-state index contributed by atoms with van der Waals surface area (Å²) < 4.78 is 31.7. The molecular weight excluding hydrogens is 511 g/mol. The lowest BCUT2D eigenvalue weighted by Crippen LogP contribution is -2.37. The highest BCUT2D eigenvalue weighted by atomic mass is 35.5. The number of carboxylic acid groups (broad SMARTS) is 1. The molecule has 194 valence electrons. The third-order valence-corrected chi connectivity index (χ3v) is 6.18. The molecule has 0 bridgehead atoms. The molecule has 8 nitrogen and oxygen atoms in total. The molecule has 1 fully saturated rings. The van der Waals surface area contributed by atoms with Crippen LogP contribution in [0.3, 0.4) is 0 Å². The molecule has 1 atom stereocenters. The summed E-state index contributed by atoms with van der Waals surface area (Å²) in [5, 5.41) is 14.3. The first-order chi connectivity index (χ1) is 17.5. The van der Waals surface area contributed by atoms with Gasteiger partial charge in [0.05, 0.1) is 17.9 Å². The number of nitrogen functional groups attached to an aromatic ring is 1. The monoisotopic (exact) mass is 533 g/mol. The van der Waals surface area contributed by atoms with Crippen molar-refractivity contribution in [3.05, 3.63) is 71.1 Å². The summed E-state index contributed by atoms with van der Waals surface area (Å²) >= 11 is 6.06. The molecule has 1 amide bonds. The number of alkyl halides is 3. The minimum absolute atomic E-state index is 0.139. The van der Waals surface area contributed by atoms with Gasteiger partial charge in [0, 0.05) is 58.2 Å². The number of hydrogen-bond acceptors (Lipinski definition) is 5. The Morgan fingerprint density at radius 3 is 2.68 bits per heavy atom. The average molecular weight is 534 g/mol. The number of aliphatic carboxylic acids is 1. The normalized spacial score (nSPS) is 15.7. The average Bonchev–Trinajstić information content (AvgIpc) is 3.40. The van der Waals surface area contributed by atoms with Crippen LogP contribution in [0.1, 0.15) is 17.7 Å². The molecule has 5 N–H and O–H groups in total. The molecule has 0 unspecified atom stereocenters. The van der Waals surface area contributed by atoms with Gasteiger partial charge in [-0.05, 0) is 42.3 Å². The quantitative estimate of drug-likeness (QED) is 0.300. The van der Waals surface area contributed by atoms with Gasteiger partial charge in [-0.15, -0.1) is 0 Å². The van der Waals surface area contributed by atoms with Crippen LogP contribution in [0.25, 0.3) is 21.7 Å². The number of benzene rings is 2. The van der Waals surface area contributed by atoms with Crippen LogP contribution in [-0.2, 0) is 22.7 Å². The van der Waals surface area contributed by atoms with Gasteiger partial charge < -0.3 is 26.0 Å². The van der Waals surface area contributed by atoms with Crippen molar-refractivity contribution in [1.82, 2.24) is 20.2 Å². The van der Waals surface area contributed by atoms with Gasteiger partial charge in [-0.3, -0.25) is 9.78 Å².